The number of hydrogen-bond acceptors (Lipinski definition) is 3. The molecule has 0 aliphatic carbocycles. The molecule has 0 saturated carbocycles. The summed E-state index contributed by atoms with van der Waals surface area (Å²) in [6.45, 7) is 4.51. The lowest BCUT2D eigenvalue weighted by Crippen LogP contribution is -2.48. The number of para-hydroxylation sites is 1. The normalized spacial score (nSPS) is 14.6. The van der Waals surface area contributed by atoms with Gasteiger partial charge in [0.1, 0.15) is 0 Å². The topological polar surface area (TPSA) is 56.4 Å². The van der Waals surface area contributed by atoms with E-state index in [1.807, 2.05) is 47.4 Å². The summed E-state index contributed by atoms with van der Waals surface area (Å²) < 4.78 is 0. The molecule has 2 aromatic carbocycles. The highest BCUT2D eigenvalue weighted by Gasteiger charge is 2.23. The maximum Gasteiger partial charge on any atom is 0.254 e. The van der Waals surface area contributed by atoms with Gasteiger partial charge >= 0.3 is 0 Å². The quantitative estimate of drug-likeness (QED) is 0.739. The van der Waals surface area contributed by atoms with E-state index in [1.165, 1.54) is 0 Å². The van der Waals surface area contributed by atoms with Gasteiger partial charge in [0.2, 0.25) is 0 Å². The molecule has 0 radical (unpaired) electrons. The number of H-pyrrole nitrogens is 1. The van der Waals surface area contributed by atoms with Crippen LogP contribution in [-0.2, 0) is 0 Å². The smallest absolute Gasteiger partial charge is 0.254 e. The maximum absolute atomic E-state index is 12.9. The lowest BCUT2D eigenvalue weighted by Gasteiger charge is -2.36. The molecule has 1 saturated heterocycles. The second kappa shape index (κ2) is 7.08. The van der Waals surface area contributed by atoms with Crippen LogP contribution in [0.5, 0.6) is 0 Å². The van der Waals surface area contributed by atoms with Crippen LogP contribution in [-0.4, -0.2) is 42.0 Å². The SMILES string of the molecule is Cc1cc2ccc(C(=O)N3CCN(c4ccccc4Cl)CC3)cc2[nH]c1=O. The molecule has 27 heavy (non-hydrogen) atoms. The number of fused-ring (bicyclic) bond motifs is 1. The van der Waals surface area contributed by atoms with Gasteiger partial charge in [0.15, 0.2) is 0 Å². The Bertz CT molecular complexity index is 1070. The van der Waals surface area contributed by atoms with Crippen molar-refractivity contribution in [2.45, 2.75) is 6.92 Å². The number of nitrogens with zero attached hydrogens (tertiary/aromatic N) is 2. The standard InChI is InChI=1S/C21H20ClN3O2/c1-14-12-15-6-7-16(13-18(15)23-20(14)26)21(27)25-10-8-24(9-11-25)19-5-3-2-4-17(19)22/h2-7,12-13H,8-11H2,1H3,(H,23,26). The van der Waals surface area contributed by atoms with Crippen molar-refractivity contribution in [3.8, 4) is 0 Å². The highest BCUT2D eigenvalue weighted by atomic mass is 35.5. The molecule has 4 rings (SSSR count). The minimum Gasteiger partial charge on any atom is -0.367 e. The Morgan fingerprint density at radius 3 is 2.52 bits per heavy atom. The zero-order valence-electron chi connectivity index (χ0n) is 15.0. The van der Waals surface area contributed by atoms with Gasteiger partial charge in [-0.1, -0.05) is 29.8 Å². The number of aromatic nitrogens is 1. The van der Waals surface area contributed by atoms with Crippen molar-refractivity contribution in [3.05, 3.63) is 75.0 Å². The van der Waals surface area contributed by atoms with Gasteiger partial charge in [-0.05, 0) is 42.6 Å². The van der Waals surface area contributed by atoms with Gasteiger partial charge in [0.05, 0.1) is 10.7 Å². The van der Waals surface area contributed by atoms with Crippen molar-refractivity contribution < 1.29 is 4.79 Å². The number of hydrogen-bond donors (Lipinski definition) is 1. The molecule has 2 heterocycles. The minimum absolute atomic E-state index is 0.0165. The van der Waals surface area contributed by atoms with Gasteiger partial charge in [0, 0.05) is 42.8 Å². The van der Waals surface area contributed by atoms with E-state index in [9.17, 15) is 9.59 Å². The lowest BCUT2D eigenvalue weighted by molar-refractivity contribution is 0.0747. The number of aromatic amines is 1. The summed E-state index contributed by atoms with van der Waals surface area (Å²) in [5.41, 5.74) is 2.82. The monoisotopic (exact) mass is 381 g/mol. The maximum atomic E-state index is 12.9. The van der Waals surface area contributed by atoms with Crippen molar-refractivity contribution in [2.75, 3.05) is 31.1 Å². The fourth-order valence-electron chi connectivity index (χ4n) is 3.48. The zero-order chi connectivity index (χ0) is 19.0. The molecular formula is C21H20ClN3O2. The molecule has 0 spiro atoms. The van der Waals surface area contributed by atoms with Crippen LogP contribution in [0.1, 0.15) is 15.9 Å². The number of rotatable bonds is 2. The fraction of sp³-hybridized carbons (Fsp3) is 0.238. The summed E-state index contributed by atoms with van der Waals surface area (Å²) in [7, 11) is 0. The Hall–Kier alpha value is -2.79. The molecular weight excluding hydrogens is 362 g/mol. The average Bonchev–Trinajstić information content (AvgIpc) is 2.68. The van der Waals surface area contributed by atoms with Crippen molar-refractivity contribution in [1.29, 1.82) is 0 Å². The summed E-state index contributed by atoms with van der Waals surface area (Å²) in [6.07, 6.45) is 0. The van der Waals surface area contributed by atoms with E-state index < -0.39 is 0 Å². The van der Waals surface area contributed by atoms with Crippen LogP contribution < -0.4 is 10.5 Å². The van der Waals surface area contributed by atoms with E-state index in [0.29, 0.717) is 29.7 Å². The van der Waals surface area contributed by atoms with Gasteiger partial charge < -0.3 is 14.8 Å². The van der Waals surface area contributed by atoms with Gasteiger partial charge in [-0.25, -0.2) is 0 Å². The number of amides is 1. The van der Waals surface area contributed by atoms with Gasteiger partial charge in [-0.15, -0.1) is 0 Å². The lowest BCUT2D eigenvalue weighted by atomic mass is 10.1. The number of carbonyl (C=O) groups excluding carboxylic acids is 1. The largest absolute Gasteiger partial charge is 0.367 e. The van der Waals surface area contributed by atoms with Gasteiger partial charge in [-0.3, -0.25) is 9.59 Å². The Balaban J connectivity index is 1.51. The molecule has 1 aliphatic heterocycles. The first kappa shape index (κ1) is 17.6. The number of pyridine rings is 1. The highest BCUT2D eigenvalue weighted by molar-refractivity contribution is 6.33. The zero-order valence-corrected chi connectivity index (χ0v) is 15.8. The van der Waals surface area contributed by atoms with Crippen molar-refractivity contribution in [1.82, 2.24) is 9.88 Å². The van der Waals surface area contributed by atoms with E-state index >= 15 is 0 Å². The first-order valence-electron chi connectivity index (χ1n) is 8.95. The molecule has 0 unspecified atom stereocenters. The predicted molar refractivity (Wildman–Crippen MR) is 109 cm³/mol. The summed E-state index contributed by atoms with van der Waals surface area (Å²) in [6, 6.07) is 15.1. The third-order valence-corrected chi connectivity index (χ3v) is 5.36. The highest BCUT2D eigenvalue weighted by Crippen LogP contribution is 2.26. The van der Waals surface area contributed by atoms with E-state index in [4.69, 9.17) is 11.6 Å². The molecule has 1 aliphatic rings. The van der Waals surface area contributed by atoms with E-state index in [-0.39, 0.29) is 11.5 Å². The Kier molecular flexibility index (Phi) is 4.62. The van der Waals surface area contributed by atoms with Crippen LogP contribution in [0.2, 0.25) is 5.02 Å². The second-order valence-electron chi connectivity index (χ2n) is 6.81. The average molecular weight is 382 g/mol. The van der Waals surface area contributed by atoms with Crippen LogP contribution in [0.15, 0.2) is 53.3 Å². The van der Waals surface area contributed by atoms with Gasteiger partial charge in [-0.2, -0.15) is 0 Å². The third kappa shape index (κ3) is 3.43. The number of anilines is 1. The number of halogens is 1. The Labute approximate surface area is 162 Å². The summed E-state index contributed by atoms with van der Waals surface area (Å²) in [5, 5.41) is 1.65. The number of carbonyl (C=O) groups is 1. The Morgan fingerprint density at radius 2 is 1.78 bits per heavy atom. The van der Waals surface area contributed by atoms with Crippen LogP contribution in [0, 0.1) is 6.92 Å². The molecule has 138 valence electrons. The fourth-order valence-corrected chi connectivity index (χ4v) is 3.74. The molecule has 6 heteroatoms. The predicted octanol–water partition coefficient (Wildman–Crippen LogP) is 3.45. The van der Waals surface area contributed by atoms with Crippen molar-refractivity contribution >= 4 is 34.1 Å². The minimum atomic E-state index is -0.125. The van der Waals surface area contributed by atoms with Gasteiger partial charge in [0.25, 0.3) is 11.5 Å². The van der Waals surface area contributed by atoms with Crippen molar-refractivity contribution in [2.24, 2.45) is 0 Å². The first-order valence-corrected chi connectivity index (χ1v) is 9.33. The molecule has 1 N–H and O–H groups in total. The molecule has 0 atom stereocenters. The summed E-state index contributed by atoms with van der Waals surface area (Å²) in [4.78, 5) is 31.6. The van der Waals surface area contributed by atoms with Crippen LogP contribution in [0.3, 0.4) is 0 Å². The number of nitrogens with one attached hydrogen (secondary N) is 1. The van der Waals surface area contributed by atoms with Crippen LogP contribution >= 0.6 is 11.6 Å². The summed E-state index contributed by atoms with van der Waals surface area (Å²) in [5.74, 6) is -0.0165. The van der Waals surface area contributed by atoms with Crippen LogP contribution in [0.25, 0.3) is 10.9 Å². The first-order chi connectivity index (χ1) is 13.0. The molecule has 1 fully saturated rings. The van der Waals surface area contributed by atoms with Crippen LogP contribution in [0.4, 0.5) is 5.69 Å². The van der Waals surface area contributed by atoms with Crippen molar-refractivity contribution in [3.63, 3.8) is 0 Å². The summed E-state index contributed by atoms with van der Waals surface area (Å²) >= 11 is 6.28. The molecule has 3 aromatic rings. The van der Waals surface area contributed by atoms with E-state index in [2.05, 4.69) is 9.88 Å². The molecule has 1 aromatic heterocycles. The molecule has 1 amide bonds. The Morgan fingerprint density at radius 1 is 1.04 bits per heavy atom. The number of aryl methyl sites for hydroxylation is 1. The number of benzene rings is 2. The number of piperazine rings is 1. The van der Waals surface area contributed by atoms with E-state index in [1.54, 1.807) is 13.0 Å². The van der Waals surface area contributed by atoms with E-state index in [0.717, 1.165) is 29.2 Å². The third-order valence-electron chi connectivity index (χ3n) is 5.04. The second-order valence-corrected chi connectivity index (χ2v) is 7.22. The molecule has 5 nitrogen and oxygen atoms in total. The molecule has 0 bridgehead atoms.